The molecule has 0 aliphatic rings. The molecule has 0 aliphatic heterocycles. The van der Waals surface area contributed by atoms with Crippen LogP contribution < -0.4 is 9.47 Å². The van der Waals surface area contributed by atoms with Crippen molar-refractivity contribution >= 4 is 15.9 Å². The zero-order valence-corrected chi connectivity index (χ0v) is 10.4. The summed E-state index contributed by atoms with van der Waals surface area (Å²) in [7, 11) is 1.57. The molecule has 0 N–H and O–H groups in total. The van der Waals surface area contributed by atoms with Crippen molar-refractivity contribution in [3.8, 4) is 17.4 Å². The molecule has 6 heteroatoms. The van der Waals surface area contributed by atoms with E-state index in [1.54, 1.807) is 25.3 Å². The van der Waals surface area contributed by atoms with Crippen LogP contribution in [-0.2, 0) is 0 Å². The van der Waals surface area contributed by atoms with E-state index in [9.17, 15) is 4.39 Å². The predicted molar refractivity (Wildman–Crippen MR) is 62.8 cm³/mol. The van der Waals surface area contributed by atoms with Gasteiger partial charge in [-0.3, -0.25) is 0 Å². The first-order valence-electron chi connectivity index (χ1n) is 4.68. The number of hydrogen-bond donors (Lipinski definition) is 0. The van der Waals surface area contributed by atoms with Gasteiger partial charge in [0.05, 0.1) is 17.6 Å². The summed E-state index contributed by atoms with van der Waals surface area (Å²) in [5, 5.41) is 0. The lowest BCUT2D eigenvalue weighted by Crippen LogP contribution is -1.92. The smallest absolute Gasteiger partial charge is 0.225 e. The summed E-state index contributed by atoms with van der Waals surface area (Å²) in [6.07, 6.45) is 1.10. The Balaban J connectivity index is 2.24. The normalized spacial score (nSPS) is 10.1. The fourth-order valence-electron chi connectivity index (χ4n) is 1.18. The predicted octanol–water partition coefficient (Wildman–Crippen LogP) is 3.18. The molecule has 0 saturated heterocycles. The van der Waals surface area contributed by atoms with Crippen molar-refractivity contribution in [3.05, 3.63) is 41.0 Å². The molecular formula is C11H8BrFN2O2. The highest BCUT2D eigenvalue weighted by atomic mass is 79.9. The van der Waals surface area contributed by atoms with Crippen molar-refractivity contribution in [3.63, 3.8) is 0 Å². The highest BCUT2D eigenvalue weighted by Gasteiger charge is 2.06. The van der Waals surface area contributed by atoms with E-state index in [1.165, 1.54) is 0 Å². The quantitative estimate of drug-likeness (QED) is 0.817. The monoisotopic (exact) mass is 298 g/mol. The van der Waals surface area contributed by atoms with Gasteiger partial charge in [-0.15, -0.1) is 0 Å². The minimum atomic E-state index is -0.639. The molecule has 0 aliphatic carbocycles. The van der Waals surface area contributed by atoms with Crippen molar-refractivity contribution in [1.29, 1.82) is 0 Å². The number of ether oxygens (including phenoxy) is 2. The molecule has 2 aromatic rings. The maximum absolute atomic E-state index is 12.8. The van der Waals surface area contributed by atoms with Crippen molar-refractivity contribution in [2.45, 2.75) is 0 Å². The SMILES string of the molecule is COc1ccc(Oc2cc(F)ncn2)c(Br)c1. The Kier molecular flexibility index (Phi) is 3.53. The van der Waals surface area contributed by atoms with E-state index < -0.39 is 5.95 Å². The molecule has 1 aromatic carbocycles. The average Bonchev–Trinajstić information content (AvgIpc) is 2.32. The minimum Gasteiger partial charge on any atom is -0.497 e. The zero-order valence-electron chi connectivity index (χ0n) is 8.85. The van der Waals surface area contributed by atoms with Crippen LogP contribution in [-0.4, -0.2) is 17.1 Å². The molecule has 2 rings (SSSR count). The van der Waals surface area contributed by atoms with Gasteiger partial charge in [0.1, 0.15) is 17.8 Å². The van der Waals surface area contributed by atoms with Crippen LogP contribution in [0.4, 0.5) is 4.39 Å². The Hall–Kier alpha value is -1.69. The molecule has 88 valence electrons. The van der Waals surface area contributed by atoms with Crippen LogP contribution in [0.25, 0.3) is 0 Å². The van der Waals surface area contributed by atoms with Gasteiger partial charge in [-0.25, -0.2) is 9.97 Å². The van der Waals surface area contributed by atoms with E-state index in [0.717, 1.165) is 12.4 Å². The molecule has 1 heterocycles. The zero-order chi connectivity index (χ0) is 12.3. The second kappa shape index (κ2) is 5.09. The minimum absolute atomic E-state index is 0.142. The first-order valence-corrected chi connectivity index (χ1v) is 5.47. The van der Waals surface area contributed by atoms with Gasteiger partial charge in [0, 0.05) is 0 Å². The van der Waals surface area contributed by atoms with Crippen molar-refractivity contribution in [2.75, 3.05) is 7.11 Å². The molecule has 0 spiro atoms. The fraction of sp³-hybridized carbons (Fsp3) is 0.0909. The van der Waals surface area contributed by atoms with E-state index in [4.69, 9.17) is 9.47 Å². The Bertz CT molecular complexity index is 537. The third-order valence-corrected chi connectivity index (χ3v) is 2.58. The summed E-state index contributed by atoms with van der Waals surface area (Å²) in [4.78, 5) is 7.13. The molecule has 0 atom stereocenters. The highest BCUT2D eigenvalue weighted by molar-refractivity contribution is 9.10. The maximum Gasteiger partial charge on any atom is 0.225 e. The number of rotatable bonds is 3. The summed E-state index contributed by atoms with van der Waals surface area (Å²) in [6.45, 7) is 0. The topological polar surface area (TPSA) is 44.2 Å². The van der Waals surface area contributed by atoms with Crippen LogP contribution in [0.15, 0.2) is 35.1 Å². The van der Waals surface area contributed by atoms with Gasteiger partial charge in [-0.1, -0.05) is 0 Å². The first kappa shape index (κ1) is 11.8. The third-order valence-electron chi connectivity index (χ3n) is 1.96. The van der Waals surface area contributed by atoms with Gasteiger partial charge in [-0.2, -0.15) is 4.39 Å². The molecule has 1 aromatic heterocycles. The second-order valence-corrected chi connectivity index (χ2v) is 3.93. The van der Waals surface area contributed by atoms with Crippen LogP contribution in [0.1, 0.15) is 0 Å². The lowest BCUT2D eigenvalue weighted by molar-refractivity contribution is 0.410. The number of halogens is 2. The van der Waals surface area contributed by atoms with Crippen LogP contribution in [0.5, 0.6) is 17.4 Å². The lowest BCUT2D eigenvalue weighted by Gasteiger charge is -2.07. The standard InChI is InChI=1S/C11H8BrFN2O2/c1-16-7-2-3-9(8(12)4-7)17-11-5-10(13)14-6-15-11/h2-6H,1H3. The van der Waals surface area contributed by atoms with Gasteiger partial charge < -0.3 is 9.47 Å². The number of benzene rings is 1. The second-order valence-electron chi connectivity index (χ2n) is 3.08. The largest absolute Gasteiger partial charge is 0.497 e. The molecule has 0 fully saturated rings. The van der Waals surface area contributed by atoms with Crippen molar-refractivity contribution < 1.29 is 13.9 Å². The Labute approximate surface area is 106 Å². The summed E-state index contributed by atoms with van der Waals surface area (Å²) in [6, 6.07) is 6.28. The van der Waals surface area contributed by atoms with Crippen LogP contribution >= 0.6 is 15.9 Å². The van der Waals surface area contributed by atoms with Gasteiger partial charge >= 0.3 is 0 Å². The first-order chi connectivity index (χ1) is 8.19. The number of methoxy groups -OCH3 is 1. The van der Waals surface area contributed by atoms with Crippen LogP contribution in [0.3, 0.4) is 0 Å². The molecule has 0 unspecified atom stereocenters. The number of nitrogens with zero attached hydrogens (tertiary/aromatic N) is 2. The molecule has 0 amide bonds. The van der Waals surface area contributed by atoms with Crippen molar-refractivity contribution in [2.24, 2.45) is 0 Å². The molecule has 4 nitrogen and oxygen atoms in total. The summed E-state index contributed by atoms with van der Waals surface area (Å²) in [5.74, 6) is 0.713. The highest BCUT2D eigenvalue weighted by Crippen LogP contribution is 2.31. The van der Waals surface area contributed by atoms with Crippen molar-refractivity contribution in [1.82, 2.24) is 9.97 Å². The summed E-state index contributed by atoms with van der Waals surface area (Å²) in [5.41, 5.74) is 0. The van der Waals surface area contributed by atoms with Gasteiger partial charge in [-0.05, 0) is 34.1 Å². The van der Waals surface area contributed by atoms with Crippen LogP contribution in [0.2, 0.25) is 0 Å². The van der Waals surface area contributed by atoms with E-state index in [2.05, 4.69) is 25.9 Å². The van der Waals surface area contributed by atoms with E-state index in [1.807, 2.05) is 0 Å². The molecule has 0 radical (unpaired) electrons. The average molecular weight is 299 g/mol. The van der Waals surface area contributed by atoms with E-state index in [-0.39, 0.29) is 5.88 Å². The lowest BCUT2D eigenvalue weighted by atomic mass is 10.3. The van der Waals surface area contributed by atoms with Gasteiger partial charge in [0.15, 0.2) is 0 Å². The molecule has 17 heavy (non-hydrogen) atoms. The van der Waals surface area contributed by atoms with E-state index >= 15 is 0 Å². The van der Waals surface area contributed by atoms with Gasteiger partial charge in [0.2, 0.25) is 11.8 Å². The fourth-order valence-corrected chi connectivity index (χ4v) is 1.62. The molecule has 0 bridgehead atoms. The Morgan fingerprint density at radius 2 is 2.06 bits per heavy atom. The number of aromatic nitrogens is 2. The van der Waals surface area contributed by atoms with Crippen LogP contribution in [0, 0.1) is 5.95 Å². The Morgan fingerprint density at radius 1 is 1.24 bits per heavy atom. The maximum atomic E-state index is 12.8. The summed E-state index contributed by atoms with van der Waals surface area (Å²) < 4.78 is 24.0. The molecular weight excluding hydrogens is 291 g/mol. The Morgan fingerprint density at radius 3 is 2.71 bits per heavy atom. The summed E-state index contributed by atoms with van der Waals surface area (Å²) >= 11 is 3.32. The van der Waals surface area contributed by atoms with E-state index in [0.29, 0.717) is 16.0 Å². The molecule has 0 saturated carbocycles. The van der Waals surface area contributed by atoms with Gasteiger partial charge in [0.25, 0.3) is 0 Å². The third kappa shape index (κ3) is 2.91. The number of hydrogen-bond acceptors (Lipinski definition) is 4.